The minimum absolute atomic E-state index is 0.0347. The standard InChI is InChI=1S/C21H26N4O4/c1-13-7-5-6-10-21(13)19(28)24(20(29)23-21)12-18(27)25-14(2)11-17(26)22-15-8-3-4-9-16(15)25/h3-4,8-9,13-14H,5-7,10-12H2,1-2H3,(H,22,26)(H,23,29)/t13-,14+,21-/m1/s1. The maximum Gasteiger partial charge on any atom is 0.325 e. The van der Waals surface area contributed by atoms with Gasteiger partial charge in [0, 0.05) is 12.5 Å². The lowest BCUT2D eigenvalue weighted by Crippen LogP contribution is -2.54. The minimum atomic E-state index is -0.893. The quantitative estimate of drug-likeness (QED) is 0.747. The van der Waals surface area contributed by atoms with Gasteiger partial charge in [-0.2, -0.15) is 0 Å². The molecule has 0 aromatic heterocycles. The molecule has 1 saturated heterocycles. The van der Waals surface area contributed by atoms with Gasteiger partial charge in [-0.05, 0) is 37.8 Å². The molecule has 3 aliphatic rings. The van der Waals surface area contributed by atoms with E-state index in [0.29, 0.717) is 17.8 Å². The maximum absolute atomic E-state index is 13.2. The number of nitrogens with zero attached hydrogens (tertiary/aromatic N) is 2. The molecule has 29 heavy (non-hydrogen) atoms. The van der Waals surface area contributed by atoms with Crippen LogP contribution >= 0.6 is 0 Å². The van der Waals surface area contributed by atoms with Gasteiger partial charge in [-0.3, -0.25) is 19.3 Å². The number of carbonyl (C=O) groups excluding carboxylic acids is 4. The molecule has 4 rings (SSSR count). The second-order valence-corrected chi connectivity index (χ2v) is 8.32. The van der Waals surface area contributed by atoms with E-state index in [4.69, 9.17) is 0 Å². The van der Waals surface area contributed by atoms with Gasteiger partial charge in [0.2, 0.25) is 11.8 Å². The summed E-state index contributed by atoms with van der Waals surface area (Å²) < 4.78 is 0. The number of amides is 5. The van der Waals surface area contributed by atoms with E-state index < -0.39 is 17.6 Å². The fraction of sp³-hybridized carbons (Fsp3) is 0.524. The van der Waals surface area contributed by atoms with Gasteiger partial charge in [0.15, 0.2) is 0 Å². The van der Waals surface area contributed by atoms with Crippen molar-refractivity contribution in [3.8, 4) is 0 Å². The number of hydrogen-bond donors (Lipinski definition) is 2. The number of nitrogens with one attached hydrogen (secondary N) is 2. The fourth-order valence-corrected chi connectivity index (χ4v) is 4.82. The lowest BCUT2D eigenvalue weighted by molar-refractivity contribution is -0.137. The zero-order chi connectivity index (χ0) is 20.8. The number of fused-ring (bicyclic) bond motifs is 1. The molecule has 2 N–H and O–H groups in total. The molecule has 3 atom stereocenters. The Morgan fingerprint density at radius 1 is 1.17 bits per heavy atom. The normalized spacial score (nSPS) is 29.4. The van der Waals surface area contributed by atoms with Gasteiger partial charge in [-0.15, -0.1) is 0 Å². The lowest BCUT2D eigenvalue weighted by Gasteiger charge is -2.37. The van der Waals surface area contributed by atoms with Crippen molar-refractivity contribution in [2.45, 2.75) is 57.5 Å². The Balaban J connectivity index is 1.60. The lowest BCUT2D eigenvalue weighted by atomic mass is 9.73. The zero-order valence-corrected chi connectivity index (χ0v) is 16.7. The predicted octanol–water partition coefficient (Wildman–Crippen LogP) is 2.25. The number of hydrogen-bond acceptors (Lipinski definition) is 4. The zero-order valence-electron chi connectivity index (χ0n) is 16.7. The van der Waals surface area contributed by atoms with E-state index in [1.54, 1.807) is 31.2 Å². The summed E-state index contributed by atoms with van der Waals surface area (Å²) in [6.07, 6.45) is 3.53. The van der Waals surface area contributed by atoms with E-state index in [2.05, 4.69) is 10.6 Å². The van der Waals surface area contributed by atoms with E-state index in [1.807, 2.05) is 6.92 Å². The van der Waals surface area contributed by atoms with E-state index in [-0.39, 0.29) is 36.6 Å². The van der Waals surface area contributed by atoms with Crippen molar-refractivity contribution < 1.29 is 19.2 Å². The van der Waals surface area contributed by atoms with Crippen molar-refractivity contribution in [1.82, 2.24) is 10.2 Å². The van der Waals surface area contributed by atoms with Crippen LogP contribution in [0.1, 0.15) is 46.0 Å². The number of imide groups is 1. The second kappa shape index (κ2) is 7.17. The molecule has 2 heterocycles. The van der Waals surface area contributed by atoms with Crippen LogP contribution in [0.5, 0.6) is 0 Å². The molecule has 2 fully saturated rings. The summed E-state index contributed by atoms with van der Waals surface area (Å²) >= 11 is 0. The van der Waals surface area contributed by atoms with Crippen molar-refractivity contribution in [2.75, 3.05) is 16.8 Å². The minimum Gasteiger partial charge on any atom is -0.324 e. The van der Waals surface area contributed by atoms with Crippen molar-refractivity contribution in [2.24, 2.45) is 5.92 Å². The smallest absolute Gasteiger partial charge is 0.324 e. The Hall–Kier alpha value is -2.90. The average Bonchev–Trinajstić information content (AvgIpc) is 2.82. The van der Waals surface area contributed by atoms with Gasteiger partial charge in [-0.1, -0.05) is 31.9 Å². The first-order valence-corrected chi connectivity index (χ1v) is 10.2. The van der Waals surface area contributed by atoms with E-state index in [0.717, 1.165) is 24.2 Å². The number of rotatable bonds is 2. The first kappa shape index (κ1) is 19.4. The first-order valence-electron chi connectivity index (χ1n) is 10.2. The molecular weight excluding hydrogens is 372 g/mol. The van der Waals surface area contributed by atoms with Gasteiger partial charge < -0.3 is 15.5 Å². The van der Waals surface area contributed by atoms with Crippen molar-refractivity contribution in [1.29, 1.82) is 0 Å². The molecule has 2 aliphatic heterocycles. The molecule has 0 unspecified atom stereocenters. The fourth-order valence-electron chi connectivity index (χ4n) is 4.82. The number of urea groups is 1. The molecular formula is C21H26N4O4. The van der Waals surface area contributed by atoms with E-state index >= 15 is 0 Å². The van der Waals surface area contributed by atoms with Gasteiger partial charge in [-0.25, -0.2) is 4.79 Å². The van der Waals surface area contributed by atoms with Crippen LogP contribution in [0.15, 0.2) is 24.3 Å². The Morgan fingerprint density at radius 2 is 1.93 bits per heavy atom. The van der Waals surface area contributed by atoms with Crippen LogP contribution in [0, 0.1) is 5.92 Å². The second-order valence-electron chi connectivity index (χ2n) is 8.32. The largest absolute Gasteiger partial charge is 0.325 e. The molecule has 1 aliphatic carbocycles. The third-order valence-electron chi connectivity index (χ3n) is 6.42. The van der Waals surface area contributed by atoms with Crippen LogP contribution in [-0.2, 0) is 14.4 Å². The Morgan fingerprint density at radius 3 is 2.69 bits per heavy atom. The predicted molar refractivity (Wildman–Crippen MR) is 107 cm³/mol. The third kappa shape index (κ3) is 3.16. The summed E-state index contributed by atoms with van der Waals surface area (Å²) in [5, 5.41) is 5.69. The number of benzene rings is 1. The molecule has 1 saturated carbocycles. The first-order chi connectivity index (χ1) is 13.8. The number of anilines is 2. The van der Waals surface area contributed by atoms with Crippen LogP contribution < -0.4 is 15.5 Å². The van der Waals surface area contributed by atoms with Gasteiger partial charge in [0.25, 0.3) is 5.91 Å². The highest BCUT2D eigenvalue weighted by molar-refractivity contribution is 6.12. The highest BCUT2D eigenvalue weighted by Gasteiger charge is 2.55. The topological polar surface area (TPSA) is 98.8 Å². The van der Waals surface area contributed by atoms with Crippen LogP contribution in [0.4, 0.5) is 16.2 Å². The van der Waals surface area contributed by atoms with Gasteiger partial charge >= 0.3 is 6.03 Å². The number of carbonyl (C=O) groups is 4. The summed E-state index contributed by atoms with van der Waals surface area (Å²) in [6, 6.07) is 6.15. The number of para-hydroxylation sites is 2. The summed E-state index contributed by atoms with van der Waals surface area (Å²) in [4.78, 5) is 53.7. The molecule has 8 heteroatoms. The van der Waals surface area contributed by atoms with E-state index in [1.165, 1.54) is 4.90 Å². The molecule has 154 valence electrons. The van der Waals surface area contributed by atoms with Crippen LogP contribution in [-0.4, -0.2) is 46.8 Å². The monoisotopic (exact) mass is 398 g/mol. The van der Waals surface area contributed by atoms with Gasteiger partial charge in [0.05, 0.1) is 11.4 Å². The van der Waals surface area contributed by atoms with Gasteiger partial charge in [0.1, 0.15) is 12.1 Å². The van der Waals surface area contributed by atoms with Crippen molar-refractivity contribution in [3.63, 3.8) is 0 Å². The molecule has 0 radical (unpaired) electrons. The summed E-state index contributed by atoms with van der Waals surface area (Å²) in [7, 11) is 0. The highest BCUT2D eigenvalue weighted by atomic mass is 16.2. The third-order valence-corrected chi connectivity index (χ3v) is 6.42. The van der Waals surface area contributed by atoms with Crippen LogP contribution in [0.3, 0.4) is 0 Å². The van der Waals surface area contributed by atoms with Crippen molar-refractivity contribution in [3.05, 3.63) is 24.3 Å². The average molecular weight is 398 g/mol. The SMILES string of the molecule is C[C@@H]1CCCC[C@@]12NC(=O)N(CC(=O)N1c3ccccc3NC(=O)C[C@@H]1C)C2=O. The van der Waals surface area contributed by atoms with Crippen LogP contribution in [0.2, 0.25) is 0 Å². The summed E-state index contributed by atoms with van der Waals surface area (Å²) in [6.45, 7) is 3.43. The summed E-state index contributed by atoms with van der Waals surface area (Å²) in [5.74, 6) is -0.837. The molecule has 5 amide bonds. The van der Waals surface area contributed by atoms with Crippen molar-refractivity contribution >= 4 is 35.1 Å². The Bertz CT molecular complexity index is 885. The highest BCUT2D eigenvalue weighted by Crippen LogP contribution is 2.38. The maximum atomic E-state index is 13.2. The Labute approximate surface area is 169 Å². The molecule has 1 spiro atoms. The molecule has 8 nitrogen and oxygen atoms in total. The molecule has 1 aromatic rings. The van der Waals surface area contributed by atoms with E-state index in [9.17, 15) is 19.2 Å². The Kier molecular flexibility index (Phi) is 4.80. The molecule has 0 bridgehead atoms. The summed E-state index contributed by atoms with van der Waals surface area (Å²) in [5.41, 5.74) is 0.226. The molecule has 1 aromatic carbocycles. The van der Waals surface area contributed by atoms with Crippen LogP contribution in [0.25, 0.3) is 0 Å².